The van der Waals surface area contributed by atoms with Gasteiger partial charge in [0, 0.05) is 18.5 Å². The molecule has 0 saturated carbocycles. The largest absolute Gasteiger partial charge is 0.480 e. The first-order valence-electron chi connectivity index (χ1n) is 7.41. The number of nitrogens with one attached hydrogen (secondary N) is 2. The predicted molar refractivity (Wildman–Crippen MR) is 83.3 cm³/mol. The fraction of sp³-hybridized carbons (Fsp3) is 0.438. The lowest BCUT2D eigenvalue weighted by Gasteiger charge is -2.20. The van der Waals surface area contributed by atoms with Gasteiger partial charge in [-0.25, -0.2) is 9.18 Å². The molecule has 0 bridgehead atoms. The van der Waals surface area contributed by atoms with Gasteiger partial charge >= 0.3 is 5.97 Å². The highest BCUT2D eigenvalue weighted by Crippen LogP contribution is 2.10. The van der Waals surface area contributed by atoms with E-state index in [9.17, 15) is 18.8 Å². The average molecular weight is 324 g/mol. The van der Waals surface area contributed by atoms with Gasteiger partial charge < -0.3 is 15.7 Å². The van der Waals surface area contributed by atoms with E-state index in [-0.39, 0.29) is 18.8 Å². The second kappa shape index (κ2) is 8.87. The van der Waals surface area contributed by atoms with Gasteiger partial charge in [0.05, 0.1) is 0 Å². The van der Waals surface area contributed by atoms with Crippen molar-refractivity contribution in [3.63, 3.8) is 0 Å². The van der Waals surface area contributed by atoms with Crippen LogP contribution in [0.1, 0.15) is 33.1 Å². The number of benzene rings is 1. The Kier molecular flexibility index (Phi) is 7.18. The number of carboxylic acid groups (broad SMARTS) is 1. The van der Waals surface area contributed by atoms with Crippen LogP contribution in [0.25, 0.3) is 0 Å². The van der Waals surface area contributed by atoms with Crippen LogP contribution in [0.4, 0.5) is 10.1 Å². The van der Waals surface area contributed by atoms with Crippen molar-refractivity contribution in [2.24, 2.45) is 5.92 Å². The molecule has 2 atom stereocenters. The molecule has 0 heterocycles. The summed E-state index contributed by atoms with van der Waals surface area (Å²) in [5.41, 5.74) is 0.430. The fourth-order valence-electron chi connectivity index (χ4n) is 1.91. The first kappa shape index (κ1) is 18.6. The minimum Gasteiger partial charge on any atom is -0.480 e. The van der Waals surface area contributed by atoms with Crippen LogP contribution >= 0.6 is 0 Å². The zero-order valence-corrected chi connectivity index (χ0v) is 13.1. The molecule has 6 nitrogen and oxygen atoms in total. The zero-order chi connectivity index (χ0) is 17.4. The number of anilines is 1. The smallest absolute Gasteiger partial charge is 0.326 e. The number of aliphatic carboxylic acids is 1. The van der Waals surface area contributed by atoms with E-state index in [0.717, 1.165) is 0 Å². The molecule has 0 saturated heterocycles. The van der Waals surface area contributed by atoms with Crippen LogP contribution in [-0.4, -0.2) is 28.9 Å². The molecule has 1 aromatic carbocycles. The number of carbonyl (C=O) groups is 3. The van der Waals surface area contributed by atoms with Gasteiger partial charge in [0.15, 0.2) is 0 Å². The molecule has 0 radical (unpaired) electrons. The summed E-state index contributed by atoms with van der Waals surface area (Å²) in [5, 5.41) is 14.1. The van der Waals surface area contributed by atoms with Crippen LogP contribution < -0.4 is 10.6 Å². The average Bonchev–Trinajstić information content (AvgIpc) is 2.51. The van der Waals surface area contributed by atoms with E-state index >= 15 is 0 Å². The Morgan fingerprint density at radius 3 is 2.22 bits per heavy atom. The van der Waals surface area contributed by atoms with Crippen molar-refractivity contribution in [3.05, 3.63) is 30.1 Å². The summed E-state index contributed by atoms with van der Waals surface area (Å²) < 4.78 is 12.7. The monoisotopic (exact) mass is 324 g/mol. The minimum atomic E-state index is -1.09. The molecule has 0 aliphatic heterocycles. The Morgan fingerprint density at radius 1 is 1.13 bits per heavy atom. The van der Waals surface area contributed by atoms with Gasteiger partial charge in [0.1, 0.15) is 11.9 Å². The molecule has 0 aromatic heterocycles. The number of rotatable bonds is 8. The van der Waals surface area contributed by atoms with Gasteiger partial charge in [-0.2, -0.15) is 0 Å². The standard InChI is InChI=1S/C16H21FN2O4/c1-3-10(2)15(16(22)23)19-14(21)9-8-13(20)18-12-6-4-11(17)5-7-12/h4-7,10,15H,3,8-9H2,1-2H3,(H,18,20)(H,19,21)(H,22,23). The molecule has 0 fully saturated rings. The molecule has 7 heteroatoms. The number of amides is 2. The number of hydrogen-bond acceptors (Lipinski definition) is 3. The summed E-state index contributed by atoms with van der Waals surface area (Å²) in [6.45, 7) is 3.57. The molecule has 2 unspecified atom stereocenters. The Bertz CT molecular complexity index is 560. The topological polar surface area (TPSA) is 95.5 Å². The molecule has 23 heavy (non-hydrogen) atoms. The van der Waals surface area contributed by atoms with Gasteiger partial charge in [-0.15, -0.1) is 0 Å². The normalized spacial score (nSPS) is 13.0. The molecule has 3 N–H and O–H groups in total. The third-order valence-corrected chi connectivity index (χ3v) is 3.50. The molecule has 0 aliphatic rings. The van der Waals surface area contributed by atoms with Gasteiger partial charge in [-0.1, -0.05) is 20.3 Å². The highest BCUT2D eigenvalue weighted by atomic mass is 19.1. The minimum absolute atomic E-state index is 0.0872. The van der Waals surface area contributed by atoms with Gasteiger partial charge in [0.25, 0.3) is 0 Å². The van der Waals surface area contributed by atoms with Crippen LogP contribution in [0, 0.1) is 11.7 Å². The van der Waals surface area contributed by atoms with Crippen LogP contribution in [0.15, 0.2) is 24.3 Å². The third-order valence-electron chi connectivity index (χ3n) is 3.50. The second-order valence-electron chi connectivity index (χ2n) is 5.32. The zero-order valence-electron chi connectivity index (χ0n) is 13.1. The maximum atomic E-state index is 12.7. The van der Waals surface area contributed by atoms with Crippen molar-refractivity contribution < 1.29 is 23.9 Å². The Morgan fingerprint density at radius 2 is 1.70 bits per heavy atom. The number of halogens is 1. The van der Waals surface area contributed by atoms with E-state index in [1.54, 1.807) is 6.92 Å². The molecular weight excluding hydrogens is 303 g/mol. The predicted octanol–water partition coefficient (Wildman–Crippen LogP) is 2.16. The molecular formula is C16H21FN2O4. The van der Waals surface area contributed by atoms with E-state index in [4.69, 9.17) is 5.11 Å². The maximum absolute atomic E-state index is 12.7. The van der Waals surface area contributed by atoms with Crippen molar-refractivity contribution in [3.8, 4) is 0 Å². The summed E-state index contributed by atoms with van der Waals surface area (Å²) in [6.07, 6.45) is 0.408. The lowest BCUT2D eigenvalue weighted by Crippen LogP contribution is -2.45. The number of carboxylic acids is 1. The van der Waals surface area contributed by atoms with Crippen molar-refractivity contribution in [1.29, 1.82) is 0 Å². The van der Waals surface area contributed by atoms with Crippen LogP contribution in [-0.2, 0) is 14.4 Å². The van der Waals surface area contributed by atoms with Gasteiger partial charge in [0.2, 0.25) is 11.8 Å². The third kappa shape index (κ3) is 6.46. The highest BCUT2D eigenvalue weighted by Gasteiger charge is 2.25. The molecule has 2 amide bonds. The summed E-state index contributed by atoms with van der Waals surface area (Å²) in [4.78, 5) is 34.6. The molecule has 1 rings (SSSR count). The van der Waals surface area contributed by atoms with Gasteiger partial charge in [-0.3, -0.25) is 9.59 Å². The Hall–Kier alpha value is -2.44. The second-order valence-corrected chi connectivity index (χ2v) is 5.32. The fourth-order valence-corrected chi connectivity index (χ4v) is 1.91. The Balaban J connectivity index is 2.44. The number of carbonyl (C=O) groups excluding carboxylic acids is 2. The lowest BCUT2D eigenvalue weighted by atomic mass is 9.99. The molecule has 0 aliphatic carbocycles. The molecule has 126 valence electrons. The van der Waals surface area contributed by atoms with Crippen LogP contribution in [0.5, 0.6) is 0 Å². The van der Waals surface area contributed by atoms with E-state index < -0.39 is 29.6 Å². The van der Waals surface area contributed by atoms with Crippen molar-refractivity contribution in [2.75, 3.05) is 5.32 Å². The first-order valence-corrected chi connectivity index (χ1v) is 7.41. The van der Waals surface area contributed by atoms with Crippen LogP contribution in [0.3, 0.4) is 0 Å². The first-order chi connectivity index (χ1) is 10.8. The molecule has 1 aromatic rings. The summed E-state index contributed by atoms with van der Waals surface area (Å²) >= 11 is 0. The lowest BCUT2D eigenvalue weighted by molar-refractivity contribution is -0.143. The van der Waals surface area contributed by atoms with E-state index in [2.05, 4.69) is 10.6 Å². The summed E-state index contributed by atoms with van der Waals surface area (Å²) in [7, 11) is 0. The van der Waals surface area contributed by atoms with Gasteiger partial charge in [-0.05, 0) is 30.2 Å². The molecule has 0 spiro atoms. The highest BCUT2D eigenvalue weighted by molar-refractivity contribution is 5.93. The SMILES string of the molecule is CCC(C)C(NC(=O)CCC(=O)Nc1ccc(F)cc1)C(=O)O. The van der Waals surface area contributed by atoms with E-state index in [0.29, 0.717) is 12.1 Å². The Labute approximate surface area is 134 Å². The van der Waals surface area contributed by atoms with Crippen LogP contribution in [0.2, 0.25) is 0 Å². The number of hydrogen-bond donors (Lipinski definition) is 3. The summed E-state index contributed by atoms with van der Waals surface area (Å²) in [5.74, 6) is -2.60. The maximum Gasteiger partial charge on any atom is 0.326 e. The van der Waals surface area contributed by atoms with Crippen molar-refractivity contribution in [1.82, 2.24) is 5.32 Å². The van der Waals surface area contributed by atoms with Crippen molar-refractivity contribution >= 4 is 23.5 Å². The van der Waals surface area contributed by atoms with Crippen molar-refractivity contribution in [2.45, 2.75) is 39.2 Å². The summed E-state index contributed by atoms with van der Waals surface area (Å²) in [6, 6.07) is 4.29. The quantitative estimate of drug-likeness (QED) is 0.683. The van der Waals surface area contributed by atoms with E-state index in [1.165, 1.54) is 24.3 Å². The van der Waals surface area contributed by atoms with E-state index in [1.807, 2.05) is 6.92 Å².